The molecule has 142 valence electrons. The molecule has 0 aliphatic carbocycles. The minimum absolute atomic E-state index is 0.381. The van der Waals surface area contributed by atoms with Crippen LogP contribution in [0.15, 0.2) is 47.1 Å². The largest absolute Gasteiger partial charge is 0.368 e. The van der Waals surface area contributed by atoms with E-state index in [1.54, 1.807) is 30.5 Å². The van der Waals surface area contributed by atoms with Crippen molar-refractivity contribution in [2.75, 3.05) is 18.0 Å². The van der Waals surface area contributed by atoms with Gasteiger partial charge in [0.25, 0.3) is 5.91 Å². The van der Waals surface area contributed by atoms with Crippen LogP contribution in [0, 0.1) is 0 Å². The monoisotopic (exact) mass is 430 g/mol. The van der Waals surface area contributed by atoms with Gasteiger partial charge in [-0.1, -0.05) is 40.9 Å². The van der Waals surface area contributed by atoms with E-state index in [0.29, 0.717) is 11.1 Å². The second-order valence-electron chi connectivity index (χ2n) is 6.67. The van der Waals surface area contributed by atoms with Crippen LogP contribution in [-0.2, 0) is 4.79 Å². The summed E-state index contributed by atoms with van der Waals surface area (Å²) in [6, 6.07) is 9.84. The lowest BCUT2D eigenvalue weighted by Crippen LogP contribution is -2.37. The number of hydrogen-bond donors (Lipinski definition) is 2. The summed E-state index contributed by atoms with van der Waals surface area (Å²) in [5, 5.41) is 2.70. The van der Waals surface area contributed by atoms with Crippen molar-refractivity contribution < 1.29 is 9.59 Å². The second kappa shape index (κ2) is 8.99. The molecule has 1 aromatic carbocycles. The fourth-order valence-corrected chi connectivity index (χ4v) is 3.64. The van der Waals surface area contributed by atoms with E-state index in [1.807, 2.05) is 12.1 Å². The SMILES string of the molecule is NC(=O)[C@H](NC(=O)c1ccc(N2CCCCCC2)nc1)c1cccc(Br)c1. The molecule has 2 amide bonds. The molecule has 1 fully saturated rings. The van der Waals surface area contributed by atoms with Gasteiger partial charge in [0, 0.05) is 23.8 Å². The van der Waals surface area contributed by atoms with Crippen molar-refractivity contribution in [3.8, 4) is 0 Å². The number of nitrogens with one attached hydrogen (secondary N) is 1. The fourth-order valence-electron chi connectivity index (χ4n) is 3.23. The summed E-state index contributed by atoms with van der Waals surface area (Å²) >= 11 is 3.36. The molecule has 2 aromatic rings. The number of rotatable bonds is 5. The first-order valence-electron chi connectivity index (χ1n) is 9.11. The lowest BCUT2D eigenvalue weighted by atomic mass is 10.1. The molecule has 0 spiro atoms. The number of primary amides is 1. The third-order valence-corrected chi connectivity index (χ3v) is 5.18. The summed E-state index contributed by atoms with van der Waals surface area (Å²) in [7, 11) is 0. The zero-order chi connectivity index (χ0) is 19.2. The average molecular weight is 431 g/mol. The molecule has 1 aliphatic heterocycles. The molecular formula is C20H23BrN4O2. The molecule has 7 heteroatoms. The highest BCUT2D eigenvalue weighted by atomic mass is 79.9. The first kappa shape index (κ1) is 19.4. The van der Waals surface area contributed by atoms with E-state index in [2.05, 4.69) is 31.1 Å². The minimum atomic E-state index is -0.903. The van der Waals surface area contributed by atoms with Crippen LogP contribution in [0.2, 0.25) is 0 Å². The van der Waals surface area contributed by atoms with Crippen LogP contribution in [0.4, 0.5) is 5.82 Å². The van der Waals surface area contributed by atoms with Crippen molar-refractivity contribution >= 4 is 33.6 Å². The maximum absolute atomic E-state index is 12.6. The normalized spacial score (nSPS) is 15.7. The number of hydrogen-bond acceptors (Lipinski definition) is 4. The molecule has 27 heavy (non-hydrogen) atoms. The van der Waals surface area contributed by atoms with Crippen molar-refractivity contribution in [3.63, 3.8) is 0 Å². The Hall–Kier alpha value is -2.41. The summed E-state index contributed by atoms with van der Waals surface area (Å²) in [4.78, 5) is 31.1. The molecule has 0 bridgehead atoms. The van der Waals surface area contributed by atoms with Crippen LogP contribution in [-0.4, -0.2) is 29.9 Å². The van der Waals surface area contributed by atoms with Crippen LogP contribution >= 0.6 is 15.9 Å². The zero-order valence-electron chi connectivity index (χ0n) is 15.0. The summed E-state index contributed by atoms with van der Waals surface area (Å²) in [5.41, 5.74) is 6.51. The molecule has 0 radical (unpaired) electrons. The molecule has 6 nitrogen and oxygen atoms in total. The quantitative estimate of drug-likeness (QED) is 0.761. The van der Waals surface area contributed by atoms with Gasteiger partial charge in [-0.25, -0.2) is 4.98 Å². The molecule has 1 atom stereocenters. The number of benzene rings is 1. The lowest BCUT2D eigenvalue weighted by Gasteiger charge is -2.21. The molecule has 0 unspecified atom stereocenters. The van der Waals surface area contributed by atoms with Crippen molar-refractivity contribution in [2.24, 2.45) is 5.73 Å². The first-order chi connectivity index (χ1) is 13.0. The lowest BCUT2D eigenvalue weighted by molar-refractivity contribution is -0.120. The summed E-state index contributed by atoms with van der Waals surface area (Å²) in [6.07, 6.45) is 6.38. The summed E-state index contributed by atoms with van der Waals surface area (Å²) < 4.78 is 0.809. The van der Waals surface area contributed by atoms with Crippen molar-refractivity contribution in [1.29, 1.82) is 0 Å². The number of nitrogens with two attached hydrogens (primary N) is 1. The Labute approximate surface area is 167 Å². The molecule has 0 saturated carbocycles. The van der Waals surface area contributed by atoms with E-state index >= 15 is 0 Å². The Balaban J connectivity index is 1.71. The van der Waals surface area contributed by atoms with Gasteiger partial charge in [-0.3, -0.25) is 9.59 Å². The van der Waals surface area contributed by atoms with Gasteiger partial charge in [-0.15, -0.1) is 0 Å². The smallest absolute Gasteiger partial charge is 0.253 e. The van der Waals surface area contributed by atoms with Crippen LogP contribution in [0.3, 0.4) is 0 Å². The number of pyridine rings is 1. The molecule has 2 heterocycles. The molecule has 1 aromatic heterocycles. The molecule has 1 aliphatic rings. The zero-order valence-corrected chi connectivity index (χ0v) is 16.6. The Morgan fingerprint density at radius 3 is 2.44 bits per heavy atom. The predicted molar refractivity (Wildman–Crippen MR) is 108 cm³/mol. The fraction of sp³-hybridized carbons (Fsp3) is 0.350. The second-order valence-corrected chi connectivity index (χ2v) is 7.59. The van der Waals surface area contributed by atoms with Crippen LogP contribution in [0.25, 0.3) is 0 Å². The van der Waals surface area contributed by atoms with Gasteiger partial charge in [0.15, 0.2) is 0 Å². The molecule has 3 rings (SSSR count). The van der Waals surface area contributed by atoms with Gasteiger partial charge >= 0.3 is 0 Å². The Bertz CT molecular complexity index is 802. The molecule has 1 saturated heterocycles. The van der Waals surface area contributed by atoms with Gasteiger partial charge < -0.3 is 16.0 Å². The number of aromatic nitrogens is 1. The number of halogens is 1. The van der Waals surface area contributed by atoms with Crippen LogP contribution < -0.4 is 16.0 Å². The number of carbonyl (C=O) groups is 2. The van der Waals surface area contributed by atoms with Crippen LogP contribution in [0.1, 0.15) is 47.6 Å². The van der Waals surface area contributed by atoms with Crippen LogP contribution in [0.5, 0.6) is 0 Å². The Kier molecular flexibility index (Phi) is 6.45. The highest BCUT2D eigenvalue weighted by molar-refractivity contribution is 9.10. The number of carbonyl (C=O) groups excluding carboxylic acids is 2. The Morgan fingerprint density at radius 1 is 1.11 bits per heavy atom. The van der Waals surface area contributed by atoms with E-state index in [0.717, 1.165) is 36.2 Å². The van der Waals surface area contributed by atoms with Gasteiger partial charge in [-0.2, -0.15) is 0 Å². The highest BCUT2D eigenvalue weighted by Gasteiger charge is 2.21. The third-order valence-electron chi connectivity index (χ3n) is 4.68. The maximum Gasteiger partial charge on any atom is 0.253 e. The van der Waals surface area contributed by atoms with Gasteiger partial charge in [-0.05, 0) is 42.7 Å². The third kappa shape index (κ3) is 5.07. The van der Waals surface area contributed by atoms with E-state index in [4.69, 9.17) is 5.73 Å². The van der Waals surface area contributed by atoms with Gasteiger partial charge in [0.2, 0.25) is 5.91 Å². The maximum atomic E-state index is 12.6. The van der Waals surface area contributed by atoms with Crippen molar-refractivity contribution in [1.82, 2.24) is 10.3 Å². The standard InChI is InChI=1S/C20H23BrN4O2/c21-16-7-5-6-14(12-16)18(19(22)26)24-20(27)15-8-9-17(23-13-15)25-10-3-1-2-4-11-25/h5-9,12-13,18H,1-4,10-11H2,(H2,22,26)(H,24,27)/t18-/m1/s1. The van der Waals surface area contributed by atoms with E-state index < -0.39 is 11.9 Å². The number of amides is 2. The van der Waals surface area contributed by atoms with E-state index in [9.17, 15) is 9.59 Å². The highest BCUT2D eigenvalue weighted by Crippen LogP contribution is 2.20. The number of nitrogens with zero attached hydrogens (tertiary/aromatic N) is 2. The number of anilines is 1. The van der Waals surface area contributed by atoms with Crippen molar-refractivity contribution in [2.45, 2.75) is 31.7 Å². The molecule has 3 N–H and O–H groups in total. The Morgan fingerprint density at radius 2 is 1.85 bits per heavy atom. The first-order valence-corrected chi connectivity index (χ1v) is 9.90. The molecular weight excluding hydrogens is 408 g/mol. The van der Waals surface area contributed by atoms with Crippen molar-refractivity contribution in [3.05, 3.63) is 58.2 Å². The average Bonchev–Trinajstić information content (AvgIpc) is 2.95. The summed E-state index contributed by atoms with van der Waals surface area (Å²) in [5.74, 6) is -0.115. The topological polar surface area (TPSA) is 88.3 Å². The predicted octanol–water partition coefficient (Wildman–Crippen LogP) is 3.18. The van der Waals surface area contributed by atoms with E-state index in [1.165, 1.54) is 12.8 Å². The minimum Gasteiger partial charge on any atom is -0.368 e. The van der Waals surface area contributed by atoms with Gasteiger partial charge in [0.05, 0.1) is 5.56 Å². The summed E-state index contributed by atoms with van der Waals surface area (Å²) in [6.45, 7) is 1.98. The van der Waals surface area contributed by atoms with E-state index in [-0.39, 0.29) is 5.91 Å². The van der Waals surface area contributed by atoms with Gasteiger partial charge in [0.1, 0.15) is 11.9 Å².